The molecule has 3 nitrogen and oxygen atoms in total. The van der Waals surface area contributed by atoms with Gasteiger partial charge in [-0.1, -0.05) is 98.2 Å². The van der Waals surface area contributed by atoms with Crippen molar-refractivity contribution >= 4 is 53.0 Å². The number of aromatic amines is 1. The van der Waals surface area contributed by atoms with Crippen molar-refractivity contribution in [2.45, 2.75) is 33.6 Å². The lowest BCUT2D eigenvalue weighted by Gasteiger charge is -2.11. The Morgan fingerprint density at radius 2 is 1.50 bits per heavy atom. The van der Waals surface area contributed by atoms with Crippen LogP contribution in [-0.2, 0) is 6.42 Å². The van der Waals surface area contributed by atoms with E-state index in [9.17, 15) is 0 Å². The molecule has 0 atom stereocenters. The van der Waals surface area contributed by atoms with Crippen LogP contribution in [-0.4, -0.2) is 17.7 Å². The lowest BCUT2D eigenvalue weighted by Crippen LogP contribution is -2.27. The topological polar surface area (TPSA) is 54.2 Å². The Kier molecular flexibility index (Phi) is 10.7. The van der Waals surface area contributed by atoms with Crippen LogP contribution in [0.1, 0.15) is 44.0 Å². The minimum atomic E-state index is 0.703. The molecule has 3 aromatic carbocycles. The highest BCUT2D eigenvalue weighted by Gasteiger charge is 2.20. The van der Waals surface area contributed by atoms with Crippen molar-refractivity contribution in [3.8, 4) is 11.1 Å². The molecule has 4 aromatic rings. The fourth-order valence-corrected chi connectivity index (χ4v) is 4.80. The van der Waals surface area contributed by atoms with Crippen molar-refractivity contribution in [1.82, 2.24) is 4.98 Å². The first kappa shape index (κ1) is 29.2. The summed E-state index contributed by atoms with van der Waals surface area (Å²) in [4.78, 5) is 8.75. The van der Waals surface area contributed by atoms with Crippen LogP contribution in [0.5, 0.6) is 0 Å². The predicted octanol–water partition coefficient (Wildman–Crippen LogP) is 7.95. The van der Waals surface area contributed by atoms with Gasteiger partial charge in [0.1, 0.15) is 5.82 Å². The van der Waals surface area contributed by atoms with Crippen molar-refractivity contribution in [3.05, 3.63) is 116 Å². The highest BCUT2D eigenvalue weighted by atomic mass is 35.5. The Hall–Kier alpha value is -3.37. The second-order valence-electron chi connectivity index (χ2n) is 8.43. The van der Waals surface area contributed by atoms with Crippen LogP contribution in [0.3, 0.4) is 0 Å². The fourth-order valence-electron chi connectivity index (χ4n) is 4.55. The largest absolute Gasteiger partial charge is 0.339 e. The maximum Gasteiger partial charge on any atom is 0.138 e. The maximum absolute atomic E-state index is 6.19. The monoisotopic (exact) mass is 543 g/mol. The summed E-state index contributed by atoms with van der Waals surface area (Å²) in [6.45, 7) is 10.3. The SMILES string of the molecule is C=c1cccc/c1=C(/C(C)=N/c1[nH]c2c(c1-c1ccc(Cl)cc1)CCC=C2)c1ccc(Cl)cc1.CC.CN. The predicted molar refractivity (Wildman–Crippen MR) is 168 cm³/mol. The molecule has 1 aliphatic carbocycles. The Morgan fingerprint density at radius 3 is 2.13 bits per heavy atom. The van der Waals surface area contributed by atoms with Crippen LogP contribution >= 0.6 is 23.2 Å². The van der Waals surface area contributed by atoms with Gasteiger partial charge in [-0.15, -0.1) is 0 Å². The highest BCUT2D eigenvalue weighted by molar-refractivity contribution is 6.31. The summed E-state index contributed by atoms with van der Waals surface area (Å²) in [6.07, 6.45) is 6.35. The Labute approximate surface area is 236 Å². The lowest BCUT2D eigenvalue weighted by atomic mass is 9.95. The molecule has 5 rings (SSSR count). The molecular weight excluding hydrogens is 509 g/mol. The molecular formula is C33H35Cl2N3. The molecule has 0 fully saturated rings. The molecule has 3 N–H and O–H groups in total. The van der Waals surface area contributed by atoms with Gasteiger partial charge in [-0.25, -0.2) is 4.99 Å². The third kappa shape index (κ3) is 6.54. The van der Waals surface area contributed by atoms with E-state index in [2.05, 4.69) is 54.6 Å². The highest BCUT2D eigenvalue weighted by Crippen LogP contribution is 2.39. The number of fused-ring (bicyclic) bond motifs is 1. The van der Waals surface area contributed by atoms with Crippen LogP contribution in [0.25, 0.3) is 29.4 Å². The molecule has 196 valence electrons. The number of rotatable bonds is 4. The summed E-state index contributed by atoms with van der Waals surface area (Å²) in [5.74, 6) is 0.851. The van der Waals surface area contributed by atoms with Gasteiger partial charge in [0.25, 0.3) is 0 Å². The first-order chi connectivity index (χ1) is 18.5. The number of nitrogens with one attached hydrogen (secondary N) is 1. The standard InChI is InChI=1S/C30H24Cl2N2.C2H6.CH5N/c1-19-7-3-4-8-25(19)28(21-11-15-23(31)16-12-21)20(2)33-30-29(22-13-17-24(32)18-14-22)26-9-5-6-10-27(26)34-30;2*1-2/h3-4,6-8,10-18,34H,1,5,9H2,2H3;1-2H3;2H2,1H3/b28-25+,33-20+;;. The van der Waals surface area contributed by atoms with E-state index in [0.717, 1.165) is 67.8 Å². The molecule has 0 unspecified atom stereocenters. The normalized spacial score (nSPS) is 13.0. The van der Waals surface area contributed by atoms with E-state index in [1.165, 1.54) is 12.6 Å². The Morgan fingerprint density at radius 1 is 0.895 bits per heavy atom. The summed E-state index contributed by atoms with van der Waals surface area (Å²) in [5.41, 5.74) is 12.1. The second kappa shape index (κ2) is 14.0. The summed E-state index contributed by atoms with van der Waals surface area (Å²) in [7, 11) is 1.50. The molecule has 0 spiro atoms. The number of halogens is 2. The van der Waals surface area contributed by atoms with Crippen LogP contribution in [0, 0.1) is 0 Å². The molecule has 1 aliphatic rings. The first-order valence-corrected chi connectivity index (χ1v) is 13.6. The van der Waals surface area contributed by atoms with Gasteiger partial charge in [0, 0.05) is 32.6 Å². The van der Waals surface area contributed by atoms with Crippen LogP contribution in [0.2, 0.25) is 10.0 Å². The number of aliphatic imine (C=N–C) groups is 1. The molecule has 0 saturated heterocycles. The maximum atomic E-state index is 6.19. The first-order valence-electron chi connectivity index (χ1n) is 12.9. The number of aromatic nitrogens is 1. The van der Waals surface area contributed by atoms with Gasteiger partial charge in [-0.05, 0) is 84.3 Å². The van der Waals surface area contributed by atoms with Gasteiger partial charge in [0.2, 0.25) is 0 Å². The number of nitrogens with zero attached hydrogens (tertiary/aromatic N) is 1. The summed E-state index contributed by atoms with van der Waals surface area (Å²) >= 11 is 12.4. The molecule has 1 heterocycles. The summed E-state index contributed by atoms with van der Waals surface area (Å²) in [5, 5.41) is 3.43. The van der Waals surface area contributed by atoms with E-state index in [0.29, 0.717) is 5.02 Å². The number of hydrogen-bond donors (Lipinski definition) is 2. The molecule has 1 aromatic heterocycles. The van der Waals surface area contributed by atoms with Gasteiger partial charge in [-0.2, -0.15) is 0 Å². The third-order valence-corrected chi connectivity index (χ3v) is 6.66. The number of hydrogen-bond acceptors (Lipinski definition) is 2. The molecule has 0 saturated carbocycles. The molecule has 0 amide bonds. The van der Waals surface area contributed by atoms with Crippen LogP contribution in [0.15, 0.2) is 83.9 Å². The number of nitrogens with two attached hydrogens (primary N) is 1. The van der Waals surface area contributed by atoms with Crippen LogP contribution < -0.4 is 16.2 Å². The Bertz CT molecular complexity index is 1530. The molecule has 5 heteroatoms. The average Bonchev–Trinajstić information content (AvgIpc) is 3.31. The quantitative estimate of drug-likeness (QED) is 0.252. The van der Waals surface area contributed by atoms with Crippen molar-refractivity contribution in [1.29, 1.82) is 0 Å². The van der Waals surface area contributed by atoms with E-state index in [1.807, 2.05) is 68.4 Å². The third-order valence-electron chi connectivity index (χ3n) is 6.16. The van der Waals surface area contributed by atoms with E-state index >= 15 is 0 Å². The van der Waals surface area contributed by atoms with Crippen molar-refractivity contribution < 1.29 is 0 Å². The minimum absolute atomic E-state index is 0.703. The number of allylic oxidation sites excluding steroid dienone is 1. The van der Waals surface area contributed by atoms with E-state index in [1.54, 1.807) is 0 Å². The van der Waals surface area contributed by atoms with Crippen molar-refractivity contribution in [3.63, 3.8) is 0 Å². The molecule has 0 bridgehead atoms. The van der Waals surface area contributed by atoms with Gasteiger partial charge < -0.3 is 10.7 Å². The van der Waals surface area contributed by atoms with E-state index in [4.69, 9.17) is 28.2 Å². The average molecular weight is 545 g/mol. The van der Waals surface area contributed by atoms with E-state index < -0.39 is 0 Å². The van der Waals surface area contributed by atoms with Gasteiger partial charge in [0.05, 0.1) is 0 Å². The van der Waals surface area contributed by atoms with Crippen LogP contribution in [0.4, 0.5) is 5.82 Å². The van der Waals surface area contributed by atoms with Gasteiger partial charge in [-0.3, -0.25) is 0 Å². The zero-order valence-electron chi connectivity index (χ0n) is 22.5. The van der Waals surface area contributed by atoms with Gasteiger partial charge in [0.15, 0.2) is 0 Å². The zero-order chi connectivity index (χ0) is 27.7. The fraction of sp³-hybridized carbons (Fsp3) is 0.182. The van der Waals surface area contributed by atoms with Gasteiger partial charge >= 0.3 is 0 Å². The Balaban J connectivity index is 0.000000956. The smallest absolute Gasteiger partial charge is 0.138 e. The number of H-pyrrole nitrogens is 1. The molecule has 38 heavy (non-hydrogen) atoms. The van der Waals surface area contributed by atoms with Crippen molar-refractivity contribution in [2.75, 3.05) is 7.05 Å². The minimum Gasteiger partial charge on any atom is -0.339 e. The summed E-state index contributed by atoms with van der Waals surface area (Å²) < 4.78 is 0. The van der Waals surface area contributed by atoms with Crippen molar-refractivity contribution in [2.24, 2.45) is 10.7 Å². The zero-order valence-corrected chi connectivity index (χ0v) is 24.0. The molecule has 0 aliphatic heterocycles. The second-order valence-corrected chi connectivity index (χ2v) is 9.30. The lowest BCUT2D eigenvalue weighted by molar-refractivity contribution is 0.987. The number of benzene rings is 3. The van der Waals surface area contributed by atoms with E-state index in [-0.39, 0.29) is 0 Å². The summed E-state index contributed by atoms with van der Waals surface area (Å²) in [6, 6.07) is 24.0. The molecule has 0 radical (unpaired) electrons.